The summed E-state index contributed by atoms with van der Waals surface area (Å²) < 4.78 is 0. The number of nitrogen functional groups attached to an aromatic ring is 1. The van der Waals surface area contributed by atoms with Gasteiger partial charge in [-0.05, 0) is 31.5 Å². The van der Waals surface area contributed by atoms with Crippen molar-refractivity contribution in [3.8, 4) is 0 Å². The van der Waals surface area contributed by atoms with Gasteiger partial charge in [-0.15, -0.1) is 0 Å². The molecule has 0 unspecified atom stereocenters. The minimum absolute atomic E-state index is 0.936. The number of fused-ring (bicyclic) bond motifs is 1. The van der Waals surface area contributed by atoms with Gasteiger partial charge >= 0.3 is 0 Å². The molecule has 2 rings (SSSR count). The summed E-state index contributed by atoms with van der Waals surface area (Å²) in [7, 11) is 0. The Kier molecular flexibility index (Phi) is 2.09. The summed E-state index contributed by atoms with van der Waals surface area (Å²) in [6.45, 7) is 4.02. The number of hydrogen-bond donors (Lipinski definition) is 2. The number of pyridine rings is 1. The summed E-state index contributed by atoms with van der Waals surface area (Å²) in [6.07, 6.45) is 0. The molecule has 1 aromatic heterocycles. The second-order valence-corrected chi connectivity index (χ2v) is 3.42. The van der Waals surface area contributed by atoms with Gasteiger partial charge in [0, 0.05) is 11.1 Å². The predicted octanol–water partition coefficient (Wildman–Crippen LogP) is 2.14. The topological polar surface area (TPSA) is 50.9 Å². The molecular formula is C11H13N3. The molecule has 2 aromatic rings. The maximum absolute atomic E-state index is 5.48. The Labute approximate surface area is 82.9 Å². The number of nitrogens with two attached hydrogens (primary N) is 1. The average Bonchev–Trinajstić information content (AvgIpc) is 2.16. The third kappa shape index (κ3) is 1.32. The smallest absolute Gasteiger partial charge is 0.0729 e. The summed E-state index contributed by atoms with van der Waals surface area (Å²) >= 11 is 0. The van der Waals surface area contributed by atoms with Crippen LogP contribution in [0.1, 0.15) is 11.3 Å². The maximum Gasteiger partial charge on any atom is 0.0729 e. The van der Waals surface area contributed by atoms with Gasteiger partial charge in [0.05, 0.1) is 11.2 Å². The molecule has 0 spiro atoms. The molecule has 0 amide bonds. The number of aryl methyl sites for hydroxylation is 2. The van der Waals surface area contributed by atoms with Gasteiger partial charge in [0.15, 0.2) is 0 Å². The molecule has 3 nitrogen and oxygen atoms in total. The summed E-state index contributed by atoms with van der Waals surface area (Å²) in [4.78, 5) is 4.45. The summed E-state index contributed by atoms with van der Waals surface area (Å²) in [5.41, 5.74) is 6.78. The first-order valence-corrected chi connectivity index (χ1v) is 4.56. The Hall–Kier alpha value is -1.61. The van der Waals surface area contributed by atoms with Gasteiger partial charge < -0.3 is 5.43 Å². The van der Waals surface area contributed by atoms with Gasteiger partial charge in [0.25, 0.3) is 0 Å². The molecule has 0 radical (unpaired) electrons. The van der Waals surface area contributed by atoms with E-state index in [2.05, 4.69) is 23.4 Å². The molecule has 0 saturated heterocycles. The van der Waals surface area contributed by atoms with Crippen molar-refractivity contribution in [3.63, 3.8) is 0 Å². The molecule has 14 heavy (non-hydrogen) atoms. The van der Waals surface area contributed by atoms with Crippen LogP contribution in [0.25, 0.3) is 10.9 Å². The number of hydrazine groups is 1. The van der Waals surface area contributed by atoms with Gasteiger partial charge in [0.2, 0.25) is 0 Å². The minimum Gasteiger partial charge on any atom is -0.323 e. The second kappa shape index (κ2) is 3.27. The summed E-state index contributed by atoms with van der Waals surface area (Å²) in [5.74, 6) is 5.48. The minimum atomic E-state index is 0.936. The van der Waals surface area contributed by atoms with E-state index < -0.39 is 0 Å². The molecule has 0 saturated carbocycles. The van der Waals surface area contributed by atoms with Gasteiger partial charge in [0.1, 0.15) is 0 Å². The van der Waals surface area contributed by atoms with Crippen LogP contribution in [0, 0.1) is 13.8 Å². The van der Waals surface area contributed by atoms with Crippen LogP contribution in [0.4, 0.5) is 5.69 Å². The Balaban J connectivity index is 2.88. The van der Waals surface area contributed by atoms with Gasteiger partial charge in [-0.2, -0.15) is 0 Å². The fourth-order valence-electron chi connectivity index (χ4n) is 1.71. The zero-order chi connectivity index (χ0) is 10.1. The first-order chi connectivity index (χ1) is 6.72. The first-order valence-electron chi connectivity index (χ1n) is 4.56. The average molecular weight is 187 g/mol. The van der Waals surface area contributed by atoms with Crippen molar-refractivity contribution in [2.75, 3.05) is 5.43 Å². The van der Waals surface area contributed by atoms with Crippen molar-refractivity contribution in [1.82, 2.24) is 4.98 Å². The van der Waals surface area contributed by atoms with Crippen molar-refractivity contribution in [2.24, 2.45) is 5.84 Å². The zero-order valence-corrected chi connectivity index (χ0v) is 8.33. The molecule has 0 bridgehead atoms. The van der Waals surface area contributed by atoms with Crippen molar-refractivity contribution in [3.05, 3.63) is 35.5 Å². The van der Waals surface area contributed by atoms with Crippen LogP contribution in [-0.2, 0) is 0 Å². The molecule has 0 aliphatic rings. The van der Waals surface area contributed by atoms with E-state index >= 15 is 0 Å². The van der Waals surface area contributed by atoms with E-state index in [0.717, 1.165) is 22.3 Å². The molecule has 3 N–H and O–H groups in total. The van der Waals surface area contributed by atoms with E-state index in [0.29, 0.717) is 0 Å². The van der Waals surface area contributed by atoms with Crippen LogP contribution in [0.15, 0.2) is 24.3 Å². The van der Waals surface area contributed by atoms with Crippen molar-refractivity contribution in [1.29, 1.82) is 0 Å². The van der Waals surface area contributed by atoms with Crippen LogP contribution in [0.3, 0.4) is 0 Å². The second-order valence-electron chi connectivity index (χ2n) is 3.42. The van der Waals surface area contributed by atoms with Gasteiger partial charge in [-0.25, -0.2) is 0 Å². The van der Waals surface area contributed by atoms with Crippen LogP contribution in [0.2, 0.25) is 0 Å². The van der Waals surface area contributed by atoms with Crippen LogP contribution in [0.5, 0.6) is 0 Å². The summed E-state index contributed by atoms with van der Waals surface area (Å²) in [6, 6.07) is 8.01. The summed E-state index contributed by atoms with van der Waals surface area (Å²) in [5, 5.41) is 1.10. The number of nitrogens with one attached hydrogen (secondary N) is 1. The number of hydrogen-bond acceptors (Lipinski definition) is 3. The molecule has 1 heterocycles. The van der Waals surface area contributed by atoms with E-state index in [4.69, 9.17) is 5.84 Å². The molecule has 3 heteroatoms. The fourth-order valence-corrected chi connectivity index (χ4v) is 1.71. The first kappa shape index (κ1) is 8.97. The Morgan fingerprint density at radius 2 is 2.07 bits per heavy atom. The van der Waals surface area contributed by atoms with Crippen LogP contribution >= 0.6 is 0 Å². The Bertz CT molecular complexity index is 477. The van der Waals surface area contributed by atoms with E-state index in [-0.39, 0.29) is 0 Å². The number of rotatable bonds is 1. The van der Waals surface area contributed by atoms with Crippen molar-refractivity contribution < 1.29 is 0 Å². The fraction of sp³-hybridized carbons (Fsp3) is 0.182. The maximum atomic E-state index is 5.48. The van der Waals surface area contributed by atoms with Crippen LogP contribution in [-0.4, -0.2) is 4.98 Å². The lowest BCUT2D eigenvalue weighted by atomic mass is 10.1. The normalized spacial score (nSPS) is 10.5. The highest BCUT2D eigenvalue weighted by atomic mass is 15.2. The van der Waals surface area contributed by atoms with E-state index in [9.17, 15) is 0 Å². The highest BCUT2D eigenvalue weighted by Crippen LogP contribution is 2.25. The quantitative estimate of drug-likeness (QED) is 0.531. The highest BCUT2D eigenvalue weighted by Gasteiger charge is 2.04. The molecule has 1 aromatic carbocycles. The molecular weight excluding hydrogens is 174 g/mol. The standard InChI is InChI=1S/C11H13N3/c1-7-4-3-5-9-11(7)10(14-12)6-8(2)13-9/h3-6H,12H2,1-2H3,(H,13,14). The molecule has 0 aliphatic heterocycles. The van der Waals surface area contributed by atoms with Crippen molar-refractivity contribution in [2.45, 2.75) is 13.8 Å². The Morgan fingerprint density at radius 1 is 1.29 bits per heavy atom. The van der Waals surface area contributed by atoms with E-state index in [1.54, 1.807) is 0 Å². The van der Waals surface area contributed by atoms with E-state index in [1.165, 1.54) is 5.56 Å². The monoisotopic (exact) mass is 187 g/mol. The number of aromatic nitrogens is 1. The molecule has 0 atom stereocenters. The van der Waals surface area contributed by atoms with E-state index in [1.807, 2.05) is 25.1 Å². The van der Waals surface area contributed by atoms with Gasteiger partial charge in [-0.3, -0.25) is 10.8 Å². The van der Waals surface area contributed by atoms with Crippen molar-refractivity contribution >= 4 is 16.6 Å². The number of nitrogens with zero attached hydrogens (tertiary/aromatic N) is 1. The molecule has 0 fully saturated rings. The lowest BCUT2D eigenvalue weighted by molar-refractivity contribution is 1.23. The molecule has 72 valence electrons. The number of benzene rings is 1. The van der Waals surface area contributed by atoms with Crippen LogP contribution < -0.4 is 11.3 Å². The Morgan fingerprint density at radius 3 is 2.79 bits per heavy atom. The third-order valence-electron chi connectivity index (χ3n) is 2.33. The SMILES string of the molecule is Cc1cc(NN)c2c(C)cccc2n1. The third-order valence-corrected chi connectivity index (χ3v) is 2.33. The predicted molar refractivity (Wildman–Crippen MR) is 59.0 cm³/mol. The highest BCUT2D eigenvalue weighted by molar-refractivity contribution is 5.93. The molecule has 0 aliphatic carbocycles. The lowest BCUT2D eigenvalue weighted by Crippen LogP contribution is -2.08. The lowest BCUT2D eigenvalue weighted by Gasteiger charge is -2.08. The zero-order valence-electron chi connectivity index (χ0n) is 8.33. The largest absolute Gasteiger partial charge is 0.323 e. The number of anilines is 1. The van der Waals surface area contributed by atoms with Gasteiger partial charge in [-0.1, -0.05) is 12.1 Å².